The molecule has 2 aliphatic heterocycles. The van der Waals surface area contributed by atoms with Gasteiger partial charge in [-0.25, -0.2) is 4.39 Å². The first-order valence-corrected chi connectivity index (χ1v) is 13.1. The first-order chi connectivity index (χ1) is 19.5. The highest BCUT2D eigenvalue weighted by Crippen LogP contribution is 2.61. The van der Waals surface area contributed by atoms with E-state index in [2.05, 4.69) is 0 Å². The Morgan fingerprint density at radius 1 is 0.850 bits per heavy atom. The van der Waals surface area contributed by atoms with Crippen molar-refractivity contribution in [3.05, 3.63) is 137 Å². The van der Waals surface area contributed by atoms with Crippen LogP contribution in [0.1, 0.15) is 48.1 Å². The van der Waals surface area contributed by atoms with Gasteiger partial charge in [-0.15, -0.1) is 0 Å². The second kappa shape index (κ2) is 8.85. The average molecular weight is 530 g/mol. The van der Waals surface area contributed by atoms with Gasteiger partial charge in [0.1, 0.15) is 23.0 Å². The standard InChI is InChI=1S/C34H24FNO4/c1-40-24-11-7-10-22(19-24)29-30(31(37)20-8-3-2-4-9-20)36-27-16-15-23(35)18-21(27)14-17-28(36)34(29)32(38)25-12-5-6-13-26(25)33(34)39/h2-19,28-30H,1H3/t28-,29-,30+/m1/s1. The van der Waals surface area contributed by atoms with Crippen molar-refractivity contribution >= 4 is 29.1 Å². The Bertz CT molecular complexity index is 1710. The molecule has 3 atom stereocenters. The Labute approximate surface area is 230 Å². The zero-order chi connectivity index (χ0) is 27.6. The molecule has 2 heterocycles. The van der Waals surface area contributed by atoms with Gasteiger partial charge in [-0.2, -0.15) is 0 Å². The normalized spacial score (nSPS) is 21.8. The summed E-state index contributed by atoms with van der Waals surface area (Å²) in [6.45, 7) is 0. The first kappa shape index (κ1) is 24.2. The van der Waals surface area contributed by atoms with E-state index in [1.807, 2.05) is 17.0 Å². The minimum Gasteiger partial charge on any atom is -0.497 e. The fourth-order valence-corrected chi connectivity index (χ4v) is 6.93. The van der Waals surface area contributed by atoms with Crippen LogP contribution in [0.15, 0.2) is 103 Å². The Kier molecular flexibility index (Phi) is 5.36. The van der Waals surface area contributed by atoms with E-state index >= 15 is 0 Å². The molecule has 6 heteroatoms. The Morgan fingerprint density at radius 2 is 1.55 bits per heavy atom. The van der Waals surface area contributed by atoms with E-state index in [1.165, 1.54) is 12.1 Å². The monoisotopic (exact) mass is 529 g/mol. The third-order valence-electron chi connectivity index (χ3n) is 8.55. The maximum atomic E-state index is 14.6. The van der Waals surface area contributed by atoms with Gasteiger partial charge in [0.15, 0.2) is 17.3 Å². The predicted molar refractivity (Wildman–Crippen MR) is 150 cm³/mol. The lowest BCUT2D eigenvalue weighted by atomic mass is 9.64. The second-order valence-corrected chi connectivity index (χ2v) is 10.4. The van der Waals surface area contributed by atoms with E-state index in [-0.39, 0.29) is 17.3 Å². The largest absolute Gasteiger partial charge is 0.497 e. The van der Waals surface area contributed by atoms with Crippen molar-refractivity contribution in [2.45, 2.75) is 18.0 Å². The maximum absolute atomic E-state index is 14.6. The summed E-state index contributed by atoms with van der Waals surface area (Å²) in [5, 5.41) is 0. The minimum atomic E-state index is -1.62. The van der Waals surface area contributed by atoms with E-state index in [0.29, 0.717) is 39.3 Å². The molecule has 0 bridgehead atoms. The van der Waals surface area contributed by atoms with Crippen LogP contribution >= 0.6 is 0 Å². The predicted octanol–water partition coefficient (Wildman–Crippen LogP) is 6.15. The van der Waals surface area contributed by atoms with Gasteiger partial charge in [0, 0.05) is 33.9 Å². The molecule has 40 heavy (non-hydrogen) atoms. The van der Waals surface area contributed by atoms with Crippen LogP contribution in [0.2, 0.25) is 0 Å². The molecule has 1 saturated heterocycles. The zero-order valence-electron chi connectivity index (χ0n) is 21.6. The molecule has 4 aromatic carbocycles. The molecular weight excluding hydrogens is 505 g/mol. The van der Waals surface area contributed by atoms with Crippen molar-refractivity contribution in [3.63, 3.8) is 0 Å². The topological polar surface area (TPSA) is 63.7 Å². The third-order valence-corrected chi connectivity index (χ3v) is 8.55. The van der Waals surface area contributed by atoms with Crippen molar-refractivity contribution in [2.24, 2.45) is 5.41 Å². The van der Waals surface area contributed by atoms with Gasteiger partial charge < -0.3 is 9.64 Å². The molecule has 0 unspecified atom stereocenters. The molecule has 5 nitrogen and oxygen atoms in total. The van der Waals surface area contributed by atoms with Gasteiger partial charge in [-0.1, -0.05) is 78.9 Å². The fourth-order valence-electron chi connectivity index (χ4n) is 6.93. The van der Waals surface area contributed by atoms with E-state index in [0.717, 1.165) is 0 Å². The average Bonchev–Trinajstić information content (AvgIpc) is 3.43. The second-order valence-electron chi connectivity index (χ2n) is 10.4. The molecule has 0 radical (unpaired) electrons. The minimum absolute atomic E-state index is 0.225. The van der Waals surface area contributed by atoms with Gasteiger partial charge >= 0.3 is 0 Å². The fraction of sp³-hybridized carbons (Fsp3) is 0.147. The van der Waals surface area contributed by atoms with Crippen molar-refractivity contribution in [2.75, 3.05) is 12.0 Å². The number of carbonyl (C=O) groups excluding carboxylic acids is 3. The number of carbonyl (C=O) groups is 3. The SMILES string of the molecule is COc1cccc([C@@H]2[C@@H](C(=O)c3ccccc3)N3c4ccc(F)cc4C=C[C@@H]3C23C(=O)c2ccccc2C3=O)c1. The van der Waals surface area contributed by atoms with Crippen LogP contribution in [-0.2, 0) is 0 Å². The molecule has 4 aromatic rings. The number of nitrogens with zero attached hydrogens (tertiary/aromatic N) is 1. The first-order valence-electron chi connectivity index (χ1n) is 13.1. The molecule has 196 valence electrons. The van der Waals surface area contributed by atoms with Gasteiger partial charge in [-0.3, -0.25) is 14.4 Å². The van der Waals surface area contributed by atoms with E-state index in [4.69, 9.17) is 4.74 Å². The van der Waals surface area contributed by atoms with Gasteiger partial charge in [-0.05, 0) is 35.9 Å². The number of hydrogen-bond acceptors (Lipinski definition) is 5. The summed E-state index contributed by atoms with van der Waals surface area (Å²) in [4.78, 5) is 45.6. The Hall–Kier alpha value is -4.84. The lowest BCUT2D eigenvalue weighted by Gasteiger charge is -2.37. The quantitative estimate of drug-likeness (QED) is 0.234. The molecule has 1 aliphatic carbocycles. The van der Waals surface area contributed by atoms with Gasteiger partial charge in [0.25, 0.3) is 0 Å². The molecule has 7 rings (SSSR count). The number of fused-ring (bicyclic) bond motifs is 5. The summed E-state index contributed by atoms with van der Waals surface area (Å²) in [5.41, 5.74) is 1.38. The molecule has 1 fully saturated rings. The van der Waals surface area contributed by atoms with E-state index in [1.54, 1.807) is 92.1 Å². The number of ether oxygens (including phenoxy) is 1. The van der Waals surface area contributed by atoms with E-state index in [9.17, 15) is 18.8 Å². The lowest BCUT2D eigenvalue weighted by molar-refractivity contribution is 0.0665. The summed E-state index contributed by atoms with van der Waals surface area (Å²) in [6, 6.07) is 25.7. The van der Waals surface area contributed by atoms with Crippen LogP contribution in [0.3, 0.4) is 0 Å². The number of Topliss-reactive ketones (excluding diaryl/α,β-unsaturated/α-hetero) is 3. The number of anilines is 1. The zero-order valence-corrected chi connectivity index (χ0v) is 21.6. The van der Waals surface area contributed by atoms with E-state index < -0.39 is 29.2 Å². The molecule has 1 spiro atoms. The van der Waals surface area contributed by atoms with Crippen molar-refractivity contribution in [1.29, 1.82) is 0 Å². The number of halogens is 1. The summed E-state index contributed by atoms with van der Waals surface area (Å²) >= 11 is 0. The number of rotatable bonds is 4. The smallest absolute Gasteiger partial charge is 0.185 e. The summed E-state index contributed by atoms with van der Waals surface area (Å²) in [7, 11) is 1.55. The van der Waals surface area contributed by atoms with Crippen LogP contribution in [0.5, 0.6) is 5.75 Å². The summed E-state index contributed by atoms with van der Waals surface area (Å²) in [5.74, 6) is -1.56. The van der Waals surface area contributed by atoms with Crippen LogP contribution in [-0.4, -0.2) is 36.5 Å². The van der Waals surface area contributed by atoms with Crippen molar-refractivity contribution in [1.82, 2.24) is 0 Å². The van der Waals surface area contributed by atoms with Crippen LogP contribution < -0.4 is 9.64 Å². The summed E-state index contributed by atoms with van der Waals surface area (Å²) < 4.78 is 19.9. The maximum Gasteiger partial charge on any atom is 0.185 e. The van der Waals surface area contributed by atoms with Crippen molar-refractivity contribution in [3.8, 4) is 5.75 Å². The van der Waals surface area contributed by atoms with Crippen molar-refractivity contribution < 1.29 is 23.5 Å². The number of methoxy groups -OCH3 is 1. The number of hydrogen-bond donors (Lipinski definition) is 0. The van der Waals surface area contributed by atoms with Gasteiger partial charge in [0.2, 0.25) is 0 Å². The Balaban J connectivity index is 1.56. The molecule has 0 N–H and O–H groups in total. The van der Waals surface area contributed by atoms with Crippen LogP contribution in [0, 0.1) is 11.2 Å². The Morgan fingerprint density at radius 3 is 2.25 bits per heavy atom. The molecule has 0 aromatic heterocycles. The molecule has 3 aliphatic rings. The molecule has 0 amide bonds. The van der Waals surface area contributed by atoms with Crippen LogP contribution in [0.25, 0.3) is 6.08 Å². The highest BCUT2D eigenvalue weighted by Gasteiger charge is 2.71. The van der Waals surface area contributed by atoms with Crippen LogP contribution in [0.4, 0.5) is 10.1 Å². The highest BCUT2D eigenvalue weighted by atomic mass is 19.1. The lowest BCUT2D eigenvalue weighted by Crippen LogP contribution is -2.48. The number of benzene rings is 4. The third kappa shape index (κ3) is 3.16. The summed E-state index contributed by atoms with van der Waals surface area (Å²) in [6.07, 6.45) is 3.54. The molecule has 0 saturated carbocycles. The molecular formula is C34H24FNO4. The van der Waals surface area contributed by atoms with Gasteiger partial charge in [0.05, 0.1) is 13.2 Å². The highest BCUT2D eigenvalue weighted by molar-refractivity contribution is 6.32. The number of ketones is 3.